The van der Waals surface area contributed by atoms with Crippen molar-refractivity contribution in [2.24, 2.45) is 5.92 Å². The molecule has 1 saturated heterocycles. The number of thioether (sulfide) groups is 1. The Hall–Kier alpha value is -3.04. The van der Waals surface area contributed by atoms with Gasteiger partial charge in [-0.05, 0) is 42.7 Å². The van der Waals surface area contributed by atoms with Gasteiger partial charge in [0.2, 0.25) is 11.8 Å². The highest BCUT2D eigenvalue weighted by molar-refractivity contribution is 7.99. The first kappa shape index (κ1) is 21.8. The van der Waals surface area contributed by atoms with Crippen molar-refractivity contribution in [3.05, 3.63) is 80.0 Å². The fourth-order valence-electron chi connectivity index (χ4n) is 4.69. The van der Waals surface area contributed by atoms with Gasteiger partial charge in [-0.2, -0.15) is 4.98 Å². The van der Waals surface area contributed by atoms with Gasteiger partial charge in [0.1, 0.15) is 0 Å². The second kappa shape index (κ2) is 8.72. The summed E-state index contributed by atoms with van der Waals surface area (Å²) in [6.45, 7) is 1.76. The number of benzene rings is 1. The van der Waals surface area contributed by atoms with E-state index < -0.39 is 11.4 Å². The summed E-state index contributed by atoms with van der Waals surface area (Å²) in [6.07, 6.45) is 0.963. The maximum Gasteiger partial charge on any atom is 0.262 e. The number of pyridine rings is 1. The van der Waals surface area contributed by atoms with Crippen molar-refractivity contribution in [1.29, 1.82) is 0 Å². The topological polar surface area (TPSA) is 97.4 Å². The highest BCUT2D eigenvalue weighted by Crippen LogP contribution is 2.35. The lowest BCUT2D eigenvalue weighted by Crippen LogP contribution is -2.49. The molecule has 0 unspecified atom stereocenters. The third-order valence-electron chi connectivity index (χ3n) is 6.12. The molecule has 2 aliphatic heterocycles. The van der Waals surface area contributed by atoms with Crippen LogP contribution in [0, 0.1) is 5.92 Å². The molecule has 2 aromatic heterocycles. The summed E-state index contributed by atoms with van der Waals surface area (Å²) < 4.78 is 3.18. The number of nitrogens with zero attached hydrogens (tertiary/aromatic N) is 4. The van der Waals surface area contributed by atoms with Gasteiger partial charge in [0, 0.05) is 42.3 Å². The summed E-state index contributed by atoms with van der Waals surface area (Å²) in [6, 6.07) is 13.0. The van der Waals surface area contributed by atoms with Crippen LogP contribution in [0.3, 0.4) is 0 Å². The third-order valence-corrected chi connectivity index (χ3v) is 7.29. The number of halogens is 1. The highest BCUT2D eigenvalue weighted by Gasteiger charge is 2.36. The largest absolute Gasteiger partial charge is 0.493 e. The number of hydrogen-bond acceptors (Lipinski definition) is 6. The minimum atomic E-state index is -0.450. The molecule has 5 rings (SSSR count). The molecule has 170 valence electrons. The predicted molar refractivity (Wildman–Crippen MR) is 125 cm³/mol. The molecular weight excluding hydrogens is 464 g/mol. The van der Waals surface area contributed by atoms with Gasteiger partial charge in [0.15, 0.2) is 5.16 Å². The molecule has 2 atom stereocenters. The standard InChI is InChI=1S/C23H21ClN4O4S/c24-16-4-6-17(7-5-16)28-21(31)9-19(29)25-23(28)33-13-22(32)26-10-14-8-15(12-26)18-2-1-3-20(30)27(18)11-14/h1-7,9,14-15,29H,8,10-13H2/t14-,15+/m1/s1. The molecule has 1 aromatic carbocycles. The monoisotopic (exact) mass is 484 g/mol. The minimum absolute atomic E-state index is 0.00709. The van der Waals surface area contributed by atoms with Crippen molar-refractivity contribution < 1.29 is 9.90 Å². The zero-order valence-electron chi connectivity index (χ0n) is 17.6. The lowest BCUT2D eigenvalue weighted by Gasteiger charge is -2.42. The maximum absolute atomic E-state index is 13.1. The molecule has 2 aliphatic rings. The first-order valence-electron chi connectivity index (χ1n) is 10.6. The second-order valence-corrected chi connectivity index (χ2v) is 9.71. The molecule has 10 heteroatoms. The lowest BCUT2D eigenvalue weighted by atomic mass is 9.83. The molecule has 3 aromatic rings. The third kappa shape index (κ3) is 4.30. The van der Waals surface area contributed by atoms with Gasteiger partial charge in [-0.3, -0.25) is 19.0 Å². The molecule has 8 nitrogen and oxygen atoms in total. The van der Waals surface area contributed by atoms with Gasteiger partial charge in [-0.15, -0.1) is 0 Å². The molecule has 0 aliphatic carbocycles. The summed E-state index contributed by atoms with van der Waals surface area (Å²) in [5, 5.41) is 10.6. The van der Waals surface area contributed by atoms with Crippen LogP contribution in [0.15, 0.2) is 63.3 Å². The molecular formula is C23H21ClN4O4S. The summed E-state index contributed by atoms with van der Waals surface area (Å²) in [5.41, 5.74) is 1.08. The van der Waals surface area contributed by atoms with E-state index in [1.807, 2.05) is 15.5 Å². The van der Waals surface area contributed by atoms with Crippen LogP contribution < -0.4 is 11.1 Å². The van der Waals surface area contributed by atoms with Crippen molar-refractivity contribution >= 4 is 29.3 Å². The highest BCUT2D eigenvalue weighted by atomic mass is 35.5. The van der Waals surface area contributed by atoms with Gasteiger partial charge in [0.25, 0.3) is 11.1 Å². The number of aromatic hydroxyl groups is 1. The number of aromatic nitrogens is 3. The molecule has 33 heavy (non-hydrogen) atoms. The van der Waals surface area contributed by atoms with Crippen LogP contribution in [-0.4, -0.2) is 48.9 Å². The Kier molecular flexibility index (Phi) is 5.76. The van der Waals surface area contributed by atoms with E-state index in [1.165, 1.54) is 4.57 Å². The number of carbonyl (C=O) groups is 1. The average molecular weight is 485 g/mol. The Balaban J connectivity index is 1.35. The Morgan fingerprint density at radius 2 is 1.88 bits per heavy atom. The number of hydrogen-bond donors (Lipinski definition) is 1. The Morgan fingerprint density at radius 1 is 1.09 bits per heavy atom. The second-order valence-electron chi connectivity index (χ2n) is 8.33. The van der Waals surface area contributed by atoms with Crippen molar-refractivity contribution in [2.45, 2.75) is 24.0 Å². The SMILES string of the molecule is O=C(CSc1nc(O)cc(=O)n1-c1ccc(Cl)cc1)N1C[C@H]2C[C@@H](C1)c1cccc(=O)n1C2. The zero-order valence-corrected chi connectivity index (χ0v) is 19.1. The molecule has 0 spiro atoms. The number of carbonyl (C=O) groups excluding carboxylic acids is 1. The van der Waals surface area contributed by atoms with Gasteiger partial charge in [-0.1, -0.05) is 29.4 Å². The maximum atomic E-state index is 13.1. The molecule has 1 N–H and O–H groups in total. The lowest BCUT2D eigenvalue weighted by molar-refractivity contribution is -0.131. The summed E-state index contributed by atoms with van der Waals surface area (Å²) >= 11 is 7.06. The number of rotatable bonds is 4. The number of fused-ring (bicyclic) bond motifs is 4. The van der Waals surface area contributed by atoms with E-state index in [-0.39, 0.29) is 34.2 Å². The van der Waals surface area contributed by atoms with E-state index in [9.17, 15) is 19.5 Å². The molecule has 2 bridgehead atoms. The van der Waals surface area contributed by atoms with Crippen LogP contribution in [0.2, 0.25) is 5.02 Å². The van der Waals surface area contributed by atoms with E-state index >= 15 is 0 Å². The number of likely N-dealkylation sites (tertiary alicyclic amines) is 1. The van der Waals surface area contributed by atoms with Gasteiger partial charge in [-0.25, -0.2) is 0 Å². The predicted octanol–water partition coefficient (Wildman–Crippen LogP) is 2.49. The van der Waals surface area contributed by atoms with E-state index in [4.69, 9.17) is 11.6 Å². The van der Waals surface area contributed by atoms with Crippen LogP contribution in [0.25, 0.3) is 5.69 Å². The summed E-state index contributed by atoms with van der Waals surface area (Å²) in [4.78, 5) is 43.8. The molecule has 0 radical (unpaired) electrons. The minimum Gasteiger partial charge on any atom is -0.493 e. The van der Waals surface area contributed by atoms with Crippen LogP contribution in [0.4, 0.5) is 0 Å². The van der Waals surface area contributed by atoms with Crippen molar-refractivity contribution in [3.8, 4) is 11.6 Å². The van der Waals surface area contributed by atoms with Crippen LogP contribution in [-0.2, 0) is 11.3 Å². The number of piperidine rings is 1. The number of amides is 1. The summed E-state index contributed by atoms with van der Waals surface area (Å²) in [7, 11) is 0. The molecule has 1 fully saturated rings. The van der Waals surface area contributed by atoms with Crippen molar-refractivity contribution in [1.82, 2.24) is 19.0 Å². The van der Waals surface area contributed by atoms with Gasteiger partial charge >= 0.3 is 0 Å². The quantitative estimate of drug-likeness (QED) is 0.451. The van der Waals surface area contributed by atoms with E-state index in [0.29, 0.717) is 30.3 Å². The smallest absolute Gasteiger partial charge is 0.262 e. The Morgan fingerprint density at radius 3 is 2.67 bits per heavy atom. The van der Waals surface area contributed by atoms with Crippen LogP contribution >= 0.6 is 23.4 Å². The van der Waals surface area contributed by atoms with Crippen LogP contribution in [0.5, 0.6) is 5.88 Å². The fourth-order valence-corrected chi connectivity index (χ4v) is 5.74. The van der Waals surface area contributed by atoms with E-state index in [0.717, 1.165) is 29.9 Å². The molecule has 4 heterocycles. The van der Waals surface area contributed by atoms with Gasteiger partial charge in [0.05, 0.1) is 17.5 Å². The first-order chi connectivity index (χ1) is 15.9. The molecule has 0 saturated carbocycles. The van der Waals surface area contributed by atoms with Crippen LogP contribution in [0.1, 0.15) is 18.0 Å². The van der Waals surface area contributed by atoms with E-state index in [1.54, 1.807) is 36.4 Å². The Bertz CT molecular complexity index is 1340. The average Bonchev–Trinajstić information content (AvgIpc) is 2.79. The Labute approximate surface area is 198 Å². The first-order valence-corrected chi connectivity index (χ1v) is 11.9. The zero-order chi connectivity index (χ0) is 23.1. The van der Waals surface area contributed by atoms with Gasteiger partial charge < -0.3 is 14.6 Å². The molecule has 1 amide bonds. The van der Waals surface area contributed by atoms with Crippen molar-refractivity contribution in [3.63, 3.8) is 0 Å². The van der Waals surface area contributed by atoms with E-state index in [2.05, 4.69) is 4.98 Å². The summed E-state index contributed by atoms with van der Waals surface area (Å²) in [5.74, 6) is -0.0239. The normalized spacial score (nSPS) is 19.2. The fraction of sp³-hybridized carbons (Fsp3) is 0.304. The van der Waals surface area contributed by atoms with Crippen molar-refractivity contribution in [2.75, 3.05) is 18.8 Å².